The Kier molecular flexibility index (Phi) is 3.99. The van der Waals surface area contributed by atoms with E-state index < -0.39 is 21.9 Å². The highest BCUT2D eigenvalue weighted by atomic mass is 32.3. The second kappa shape index (κ2) is 5.40. The van der Waals surface area contributed by atoms with Gasteiger partial charge in [-0.15, -0.1) is 3.89 Å². The highest BCUT2D eigenvalue weighted by Crippen LogP contribution is 2.34. The molecule has 0 aromatic heterocycles. The fraction of sp³-hybridized carbons (Fsp3) is 0.462. The topological polar surface area (TPSA) is 63.7 Å². The lowest BCUT2D eigenvalue weighted by molar-refractivity contribution is -0.117. The molecule has 1 atom stereocenters. The van der Waals surface area contributed by atoms with Crippen LogP contribution in [-0.4, -0.2) is 33.7 Å². The molecular weight excluding hydrogens is 285 g/mol. The van der Waals surface area contributed by atoms with Crippen molar-refractivity contribution in [3.8, 4) is 5.75 Å². The number of nitrogens with zero attached hydrogens (tertiary/aromatic N) is 1. The van der Waals surface area contributed by atoms with Gasteiger partial charge < -0.3 is 9.64 Å². The normalized spacial score (nSPS) is 19.4. The lowest BCUT2D eigenvalue weighted by Crippen LogP contribution is -2.25. The van der Waals surface area contributed by atoms with Crippen LogP contribution in [0, 0.1) is 12.8 Å². The van der Waals surface area contributed by atoms with Gasteiger partial charge in [-0.3, -0.25) is 4.79 Å². The maximum absolute atomic E-state index is 12.7. The van der Waals surface area contributed by atoms with E-state index in [0.29, 0.717) is 11.4 Å². The molecule has 2 rings (SSSR count). The number of hydrogen-bond donors (Lipinski definition) is 0. The Balaban J connectivity index is 2.24. The molecule has 0 bridgehead atoms. The fourth-order valence-electron chi connectivity index (χ4n) is 2.42. The second-order valence-electron chi connectivity index (χ2n) is 4.96. The van der Waals surface area contributed by atoms with Crippen molar-refractivity contribution in [3.63, 3.8) is 0 Å². The van der Waals surface area contributed by atoms with Crippen LogP contribution in [0.4, 0.5) is 9.57 Å². The summed E-state index contributed by atoms with van der Waals surface area (Å²) in [6.07, 6.45) is 0.0280. The molecule has 1 aromatic rings. The van der Waals surface area contributed by atoms with Gasteiger partial charge >= 0.3 is 10.2 Å². The minimum absolute atomic E-state index is 0.0280. The summed E-state index contributed by atoms with van der Waals surface area (Å²) in [5, 5.41) is 0. The third-order valence-electron chi connectivity index (χ3n) is 3.27. The molecular formula is C13H16FNO4S. The van der Waals surface area contributed by atoms with Gasteiger partial charge in [0.15, 0.2) is 0 Å². The Labute approximate surface area is 117 Å². The summed E-state index contributed by atoms with van der Waals surface area (Å²) in [5.74, 6) is -0.824. The lowest BCUT2D eigenvalue weighted by Gasteiger charge is -2.19. The van der Waals surface area contributed by atoms with Crippen molar-refractivity contribution in [1.29, 1.82) is 0 Å². The van der Waals surface area contributed by atoms with Crippen molar-refractivity contribution in [2.24, 2.45) is 5.92 Å². The number of carbonyl (C=O) groups is 1. The maximum Gasteiger partial charge on any atom is 0.302 e. The number of amides is 1. The van der Waals surface area contributed by atoms with Crippen LogP contribution in [0.3, 0.4) is 0 Å². The van der Waals surface area contributed by atoms with E-state index in [4.69, 9.17) is 4.74 Å². The van der Waals surface area contributed by atoms with Gasteiger partial charge in [-0.25, -0.2) is 0 Å². The second-order valence-corrected chi connectivity index (χ2v) is 6.37. The number of halogens is 1. The highest BCUT2D eigenvalue weighted by molar-refractivity contribution is 7.86. The van der Waals surface area contributed by atoms with Crippen molar-refractivity contribution in [2.45, 2.75) is 13.3 Å². The molecule has 1 saturated heterocycles. The van der Waals surface area contributed by atoms with Crippen molar-refractivity contribution in [3.05, 3.63) is 23.8 Å². The number of methoxy groups -OCH3 is 1. The number of ether oxygens (including phenoxy) is 1. The van der Waals surface area contributed by atoms with Gasteiger partial charge in [-0.1, -0.05) is 6.07 Å². The van der Waals surface area contributed by atoms with Crippen LogP contribution in [0.5, 0.6) is 5.75 Å². The van der Waals surface area contributed by atoms with E-state index in [0.717, 1.165) is 5.56 Å². The van der Waals surface area contributed by atoms with E-state index >= 15 is 0 Å². The fourth-order valence-corrected chi connectivity index (χ4v) is 3.20. The van der Waals surface area contributed by atoms with Crippen LogP contribution in [0.25, 0.3) is 0 Å². The van der Waals surface area contributed by atoms with E-state index in [9.17, 15) is 17.1 Å². The van der Waals surface area contributed by atoms with Gasteiger partial charge in [-0.2, -0.15) is 8.42 Å². The number of anilines is 1. The number of carbonyl (C=O) groups excluding carboxylic acids is 1. The third kappa shape index (κ3) is 3.27. The molecule has 1 aliphatic rings. The van der Waals surface area contributed by atoms with E-state index in [1.54, 1.807) is 12.1 Å². The minimum atomic E-state index is -4.57. The zero-order valence-corrected chi connectivity index (χ0v) is 12.1. The standard InChI is InChI=1S/C13H16FNO4S/c1-9-3-4-11(12(5-9)19-2)15-7-10(6-13(15)16)8-20(14,17)18/h3-5,10H,6-8H2,1-2H3. The number of benzene rings is 1. The van der Waals surface area contributed by atoms with Gasteiger partial charge in [0.05, 0.1) is 18.6 Å². The Morgan fingerprint density at radius 3 is 2.75 bits per heavy atom. The van der Waals surface area contributed by atoms with Gasteiger partial charge in [-0.05, 0) is 24.6 Å². The quantitative estimate of drug-likeness (QED) is 0.793. The predicted molar refractivity (Wildman–Crippen MR) is 73.1 cm³/mol. The summed E-state index contributed by atoms with van der Waals surface area (Å²) in [6.45, 7) is 2.08. The first-order valence-corrected chi connectivity index (χ1v) is 7.73. The number of hydrogen-bond acceptors (Lipinski definition) is 4. The van der Waals surface area contributed by atoms with Gasteiger partial charge in [0.1, 0.15) is 5.75 Å². The monoisotopic (exact) mass is 301 g/mol. The van der Waals surface area contributed by atoms with Crippen LogP contribution in [0.1, 0.15) is 12.0 Å². The van der Waals surface area contributed by atoms with Crippen LogP contribution >= 0.6 is 0 Å². The molecule has 20 heavy (non-hydrogen) atoms. The van der Waals surface area contributed by atoms with Crippen LogP contribution in [-0.2, 0) is 15.0 Å². The molecule has 0 saturated carbocycles. The summed E-state index contributed by atoms with van der Waals surface area (Å²) < 4.78 is 39.3. The van der Waals surface area contributed by atoms with Crippen LogP contribution in [0.2, 0.25) is 0 Å². The minimum Gasteiger partial charge on any atom is -0.495 e. The first kappa shape index (κ1) is 14.8. The molecule has 0 aliphatic carbocycles. The van der Waals surface area contributed by atoms with Gasteiger partial charge in [0.25, 0.3) is 0 Å². The average molecular weight is 301 g/mol. The molecule has 1 amide bonds. The molecule has 5 nitrogen and oxygen atoms in total. The molecule has 0 radical (unpaired) electrons. The van der Waals surface area contributed by atoms with Crippen molar-refractivity contribution in [2.75, 3.05) is 24.3 Å². The molecule has 1 aliphatic heterocycles. The molecule has 7 heteroatoms. The Hall–Kier alpha value is -1.63. The highest BCUT2D eigenvalue weighted by Gasteiger charge is 2.34. The van der Waals surface area contributed by atoms with Crippen LogP contribution in [0.15, 0.2) is 18.2 Å². The van der Waals surface area contributed by atoms with Gasteiger partial charge in [0, 0.05) is 18.9 Å². The first-order valence-electron chi connectivity index (χ1n) is 6.17. The molecule has 1 aromatic carbocycles. The molecule has 1 unspecified atom stereocenters. The number of aryl methyl sites for hydroxylation is 1. The van der Waals surface area contributed by atoms with E-state index in [-0.39, 0.29) is 18.9 Å². The largest absolute Gasteiger partial charge is 0.495 e. The lowest BCUT2D eigenvalue weighted by atomic mass is 10.1. The van der Waals surface area contributed by atoms with Gasteiger partial charge in [0.2, 0.25) is 5.91 Å². The Morgan fingerprint density at radius 1 is 1.45 bits per heavy atom. The molecule has 110 valence electrons. The smallest absolute Gasteiger partial charge is 0.302 e. The van der Waals surface area contributed by atoms with E-state index in [1.165, 1.54) is 12.0 Å². The Bertz CT molecular complexity index is 629. The third-order valence-corrected chi connectivity index (χ3v) is 4.14. The zero-order valence-electron chi connectivity index (χ0n) is 11.3. The molecule has 0 spiro atoms. The Morgan fingerprint density at radius 2 is 2.15 bits per heavy atom. The first-order chi connectivity index (χ1) is 9.30. The molecule has 1 heterocycles. The van der Waals surface area contributed by atoms with Crippen molar-refractivity contribution >= 4 is 21.8 Å². The predicted octanol–water partition coefficient (Wildman–Crippen LogP) is 1.66. The zero-order chi connectivity index (χ0) is 14.9. The average Bonchev–Trinajstić information content (AvgIpc) is 2.67. The van der Waals surface area contributed by atoms with E-state index in [2.05, 4.69) is 0 Å². The summed E-state index contributed by atoms with van der Waals surface area (Å²) in [5.41, 5.74) is 1.57. The summed E-state index contributed by atoms with van der Waals surface area (Å²) in [4.78, 5) is 13.4. The van der Waals surface area contributed by atoms with Crippen molar-refractivity contribution in [1.82, 2.24) is 0 Å². The summed E-state index contributed by atoms with van der Waals surface area (Å²) in [7, 11) is -3.07. The van der Waals surface area contributed by atoms with E-state index in [1.807, 2.05) is 13.0 Å². The SMILES string of the molecule is COc1cc(C)ccc1N1CC(CS(=O)(=O)F)CC1=O. The summed E-state index contributed by atoms with van der Waals surface area (Å²) in [6, 6.07) is 5.38. The van der Waals surface area contributed by atoms with Crippen LogP contribution < -0.4 is 9.64 Å². The molecule has 0 N–H and O–H groups in total. The summed E-state index contributed by atoms with van der Waals surface area (Å²) >= 11 is 0. The maximum atomic E-state index is 12.7. The number of rotatable bonds is 4. The molecule has 1 fully saturated rings. The van der Waals surface area contributed by atoms with Crippen molar-refractivity contribution < 1.29 is 21.8 Å².